The number of rotatable bonds is 8. The second-order valence-electron chi connectivity index (χ2n) is 7.48. The Balaban J connectivity index is 1.75. The Morgan fingerprint density at radius 3 is 2.50 bits per heavy atom. The summed E-state index contributed by atoms with van der Waals surface area (Å²) in [5.74, 6) is -1.08. The van der Waals surface area contributed by atoms with Crippen molar-refractivity contribution in [2.75, 3.05) is 17.1 Å². The van der Waals surface area contributed by atoms with Crippen LogP contribution in [0.1, 0.15) is 17.0 Å². The molecule has 0 spiro atoms. The van der Waals surface area contributed by atoms with Crippen molar-refractivity contribution in [3.63, 3.8) is 0 Å². The van der Waals surface area contributed by atoms with Crippen LogP contribution >= 0.6 is 0 Å². The van der Waals surface area contributed by atoms with Crippen molar-refractivity contribution in [3.05, 3.63) is 87.5 Å². The molecule has 2 aromatic carbocycles. The molecule has 10 nitrogen and oxygen atoms in total. The Morgan fingerprint density at radius 2 is 1.88 bits per heavy atom. The van der Waals surface area contributed by atoms with Gasteiger partial charge in [0.2, 0.25) is 10.0 Å². The van der Waals surface area contributed by atoms with E-state index in [-0.39, 0.29) is 17.2 Å². The van der Waals surface area contributed by atoms with Gasteiger partial charge in [0.05, 0.1) is 23.1 Å². The summed E-state index contributed by atoms with van der Waals surface area (Å²) in [6.45, 7) is 3.09. The highest BCUT2D eigenvalue weighted by Gasteiger charge is 2.22. The summed E-state index contributed by atoms with van der Waals surface area (Å²) in [5.41, 5.74) is 5.08. The maximum absolute atomic E-state index is 13.2. The molecule has 0 fully saturated rings. The average Bonchev–Trinajstić information content (AvgIpc) is 3.05. The van der Waals surface area contributed by atoms with Crippen LogP contribution < -0.4 is 9.73 Å². The molecule has 3 rings (SSSR count). The van der Waals surface area contributed by atoms with Gasteiger partial charge in [-0.25, -0.2) is 18.2 Å². The highest BCUT2D eigenvalue weighted by Crippen LogP contribution is 2.23. The predicted octanol–water partition coefficient (Wildman–Crippen LogP) is 3.06. The molecule has 1 heterocycles. The number of amides is 1. The number of aryl methyl sites for hydroxylation is 1. The van der Waals surface area contributed by atoms with Crippen LogP contribution in [0.2, 0.25) is 0 Å². The fourth-order valence-corrected chi connectivity index (χ4v) is 4.26. The fraction of sp³-hybridized carbons (Fsp3) is 0.182. The molecule has 3 aromatic rings. The van der Waals surface area contributed by atoms with Gasteiger partial charge in [-0.2, -0.15) is 5.10 Å². The molecular weight excluding hydrogens is 465 g/mol. The number of hydrogen-bond acceptors (Lipinski definition) is 6. The van der Waals surface area contributed by atoms with Crippen molar-refractivity contribution in [1.82, 2.24) is 9.99 Å². The van der Waals surface area contributed by atoms with Gasteiger partial charge in [-0.05, 0) is 50.2 Å². The number of hydrazone groups is 1. The minimum atomic E-state index is -3.91. The summed E-state index contributed by atoms with van der Waals surface area (Å²) >= 11 is 0. The van der Waals surface area contributed by atoms with Crippen molar-refractivity contribution >= 4 is 33.5 Å². The number of halogens is 1. The van der Waals surface area contributed by atoms with Gasteiger partial charge in [0.1, 0.15) is 12.4 Å². The number of nitrogens with zero attached hydrogens (tertiary/aromatic N) is 4. The molecule has 0 aliphatic heterocycles. The maximum atomic E-state index is 13.2. The number of carbonyl (C=O) groups is 1. The summed E-state index contributed by atoms with van der Waals surface area (Å²) in [5, 5.41) is 14.9. The monoisotopic (exact) mass is 487 g/mol. The van der Waals surface area contributed by atoms with Gasteiger partial charge in [-0.1, -0.05) is 6.07 Å². The Morgan fingerprint density at radius 1 is 1.21 bits per heavy atom. The lowest BCUT2D eigenvalue weighted by molar-refractivity contribution is -0.384. The van der Waals surface area contributed by atoms with Gasteiger partial charge in [0, 0.05) is 34.8 Å². The molecule has 0 radical (unpaired) electrons. The van der Waals surface area contributed by atoms with Crippen LogP contribution in [-0.4, -0.2) is 42.8 Å². The van der Waals surface area contributed by atoms with Crippen molar-refractivity contribution in [1.29, 1.82) is 0 Å². The predicted molar refractivity (Wildman–Crippen MR) is 126 cm³/mol. The molecule has 0 saturated heterocycles. The van der Waals surface area contributed by atoms with Crippen LogP contribution in [0.25, 0.3) is 5.69 Å². The summed E-state index contributed by atoms with van der Waals surface area (Å²) in [6, 6.07) is 12.8. The maximum Gasteiger partial charge on any atom is 0.271 e. The van der Waals surface area contributed by atoms with Crippen molar-refractivity contribution in [3.8, 4) is 5.69 Å². The van der Waals surface area contributed by atoms with Crippen LogP contribution in [0.15, 0.2) is 59.7 Å². The van der Waals surface area contributed by atoms with Crippen LogP contribution in [0.5, 0.6) is 0 Å². The van der Waals surface area contributed by atoms with E-state index in [1.165, 1.54) is 36.5 Å². The Bertz CT molecular complexity index is 1370. The number of nitro groups is 1. The minimum Gasteiger partial charge on any atom is -0.318 e. The highest BCUT2D eigenvalue weighted by atomic mass is 32.2. The Labute approximate surface area is 195 Å². The number of carbonyl (C=O) groups excluding carboxylic acids is 1. The van der Waals surface area contributed by atoms with E-state index in [1.807, 2.05) is 24.5 Å². The second kappa shape index (κ2) is 9.83. The van der Waals surface area contributed by atoms with Crippen molar-refractivity contribution < 1.29 is 22.5 Å². The zero-order valence-electron chi connectivity index (χ0n) is 18.6. The third kappa shape index (κ3) is 5.64. The third-order valence-corrected chi connectivity index (χ3v) is 6.10. The topological polar surface area (TPSA) is 127 Å². The molecule has 178 valence electrons. The first kappa shape index (κ1) is 24.6. The number of aromatic nitrogens is 1. The first-order valence-corrected chi connectivity index (χ1v) is 11.8. The number of nitrogens with one attached hydrogen (secondary N) is 1. The van der Waals surface area contributed by atoms with Gasteiger partial charge in [-0.15, -0.1) is 0 Å². The van der Waals surface area contributed by atoms with Gasteiger partial charge in [0.25, 0.3) is 11.6 Å². The minimum absolute atomic E-state index is 0.0151. The lowest BCUT2D eigenvalue weighted by Gasteiger charge is -2.21. The summed E-state index contributed by atoms with van der Waals surface area (Å²) in [6.07, 6.45) is 2.31. The molecule has 0 saturated carbocycles. The molecule has 0 unspecified atom stereocenters. The normalized spacial score (nSPS) is 11.5. The molecule has 0 aliphatic rings. The Kier molecular flexibility index (Phi) is 7.11. The third-order valence-electron chi connectivity index (χ3n) is 4.96. The molecule has 1 amide bonds. The van der Waals surface area contributed by atoms with E-state index in [2.05, 4.69) is 10.5 Å². The number of sulfonamides is 1. The van der Waals surface area contributed by atoms with Gasteiger partial charge < -0.3 is 4.57 Å². The van der Waals surface area contributed by atoms with E-state index in [1.54, 1.807) is 12.1 Å². The largest absolute Gasteiger partial charge is 0.318 e. The standard InChI is InChI=1S/C22H22FN5O5S/c1-15-11-17(16(2)27(15)19-9-7-18(23)8-10-19)13-24-25-22(29)14-26(34(3,32)33)20-5-4-6-21(12-20)28(30)31/h4-13H,14H2,1-3H3,(H,25,29)/b24-13-. The Hall–Kier alpha value is -4.06. The summed E-state index contributed by atoms with van der Waals surface area (Å²) in [7, 11) is -3.91. The van der Waals surface area contributed by atoms with Gasteiger partial charge >= 0.3 is 0 Å². The first-order valence-electron chi connectivity index (χ1n) is 9.96. The molecule has 0 bridgehead atoms. The molecule has 12 heteroatoms. The van der Waals surface area contributed by atoms with E-state index in [0.717, 1.165) is 33.7 Å². The van der Waals surface area contributed by atoms with Crippen LogP contribution in [-0.2, 0) is 14.8 Å². The molecule has 1 aromatic heterocycles. The number of hydrogen-bond donors (Lipinski definition) is 1. The number of non-ortho nitro benzene ring substituents is 1. The van der Waals surface area contributed by atoms with E-state index < -0.39 is 27.4 Å². The smallest absolute Gasteiger partial charge is 0.271 e. The number of anilines is 1. The van der Waals surface area contributed by atoms with E-state index in [0.29, 0.717) is 5.56 Å². The van der Waals surface area contributed by atoms with Crippen molar-refractivity contribution in [2.45, 2.75) is 13.8 Å². The van der Waals surface area contributed by atoms with Gasteiger partial charge in [0.15, 0.2) is 0 Å². The van der Waals surface area contributed by atoms with Gasteiger partial charge in [-0.3, -0.25) is 19.2 Å². The average molecular weight is 488 g/mol. The van der Waals surface area contributed by atoms with Crippen LogP contribution in [0, 0.1) is 29.8 Å². The zero-order chi connectivity index (χ0) is 25.0. The molecule has 0 aliphatic carbocycles. The zero-order valence-corrected chi connectivity index (χ0v) is 19.4. The lowest BCUT2D eigenvalue weighted by Crippen LogP contribution is -2.39. The number of nitro benzene ring substituents is 1. The fourth-order valence-electron chi connectivity index (χ4n) is 3.41. The second-order valence-corrected chi connectivity index (χ2v) is 9.38. The molecular formula is C22H22FN5O5S. The molecule has 1 N–H and O–H groups in total. The quantitative estimate of drug-likeness (QED) is 0.297. The van der Waals surface area contributed by atoms with Crippen molar-refractivity contribution in [2.24, 2.45) is 5.10 Å². The number of benzene rings is 2. The van der Waals surface area contributed by atoms with E-state index in [9.17, 15) is 27.7 Å². The summed E-state index contributed by atoms with van der Waals surface area (Å²) < 4.78 is 40.3. The molecule has 34 heavy (non-hydrogen) atoms. The van der Waals surface area contributed by atoms with E-state index in [4.69, 9.17) is 0 Å². The molecule has 0 atom stereocenters. The first-order chi connectivity index (χ1) is 16.0. The highest BCUT2D eigenvalue weighted by molar-refractivity contribution is 7.92. The van der Waals surface area contributed by atoms with Crippen LogP contribution in [0.4, 0.5) is 15.8 Å². The van der Waals surface area contributed by atoms with Crippen LogP contribution in [0.3, 0.4) is 0 Å². The van der Waals surface area contributed by atoms with E-state index >= 15 is 0 Å². The lowest BCUT2D eigenvalue weighted by atomic mass is 10.2. The summed E-state index contributed by atoms with van der Waals surface area (Å²) in [4.78, 5) is 22.7. The SMILES string of the molecule is Cc1cc(/C=N\NC(=O)CN(c2cccc([N+](=O)[O-])c2)S(C)(=O)=O)c(C)n1-c1ccc(F)cc1.